The standard InChI is InChI=1S/C22H23N3O5/c1-22(2)11-16(6-8-29-22)30-21-19-13(5-7-23-21)9-14(10-18(19)27)25-20(28)17-4-3-15(26)12-24-17/h3-5,7,9-10,12,16,26-27H,6,8,11H2,1-2H3,(H,25,28). The number of pyridine rings is 2. The molecule has 8 nitrogen and oxygen atoms in total. The molecule has 0 saturated carbocycles. The Labute approximate surface area is 173 Å². The van der Waals surface area contributed by atoms with Crippen molar-refractivity contribution in [1.29, 1.82) is 0 Å². The zero-order valence-corrected chi connectivity index (χ0v) is 16.8. The maximum absolute atomic E-state index is 12.4. The van der Waals surface area contributed by atoms with Crippen LogP contribution in [0.25, 0.3) is 10.8 Å². The number of nitrogens with zero attached hydrogens (tertiary/aromatic N) is 2. The number of hydrogen-bond donors (Lipinski definition) is 3. The predicted octanol–water partition coefficient (Wildman–Crippen LogP) is 3.63. The van der Waals surface area contributed by atoms with Gasteiger partial charge in [-0.1, -0.05) is 0 Å². The van der Waals surface area contributed by atoms with Crippen molar-refractivity contribution in [2.75, 3.05) is 11.9 Å². The Morgan fingerprint density at radius 2 is 2.07 bits per heavy atom. The van der Waals surface area contributed by atoms with E-state index in [4.69, 9.17) is 9.47 Å². The third kappa shape index (κ3) is 4.28. The third-order valence-electron chi connectivity index (χ3n) is 4.98. The molecule has 2 aromatic heterocycles. The number of phenols is 1. The molecule has 8 heteroatoms. The molecule has 156 valence electrons. The van der Waals surface area contributed by atoms with Gasteiger partial charge in [-0.25, -0.2) is 9.97 Å². The van der Waals surface area contributed by atoms with Gasteiger partial charge in [0.2, 0.25) is 5.88 Å². The molecule has 1 aliphatic rings. The minimum Gasteiger partial charge on any atom is -0.507 e. The number of carbonyl (C=O) groups excluding carboxylic acids is 1. The first-order valence-electron chi connectivity index (χ1n) is 9.69. The van der Waals surface area contributed by atoms with Crippen LogP contribution >= 0.6 is 0 Å². The molecule has 0 bridgehead atoms. The highest BCUT2D eigenvalue weighted by Crippen LogP contribution is 2.36. The van der Waals surface area contributed by atoms with E-state index in [1.54, 1.807) is 18.3 Å². The molecule has 1 fully saturated rings. The number of fused-ring (bicyclic) bond motifs is 1. The Balaban J connectivity index is 1.58. The van der Waals surface area contributed by atoms with E-state index in [1.165, 1.54) is 24.4 Å². The monoisotopic (exact) mass is 409 g/mol. The molecule has 1 atom stereocenters. The smallest absolute Gasteiger partial charge is 0.274 e. The van der Waals surface area contributed by atoms with Crippen LogP contribution in [0.3, 0.4) is 0 Å². The third-order valence-corrected chi connectivity index (χ3v) is 4.98. The Kier molecular flexibility index (Phi) is 5.17. The Morgan fingerprint density at radius 1 is 1.23 bits per heavy atom. The molecule has 3 N–H and O–H groups in total. The molecule has 1 saturated heterocycles. The van der Waals surface area contributed by atoms with Crippen LogP contribution in [0.2, 0.25) is 0 Å². The highest BCUT2D eigenvalue weighted by molar-refractivity contribution is 6.05. The van der Waals surface area contributed by atoms with Crippen LogP contribution in [-0.4, -0.2) is 44.4 Å². The summed E-state index contributed by atoms with van der Waals surface area (Å²) in [5.74, 6) is -0.173. The predicted molar refractivity (Wildman–Crippen MR) is 111 cm³/mol. The van der Waals surface area contributed by atoms with Crippen molar-refractivity contribution in [3.63, 3.8) is 0 Å². The second-order valence-corrected chi connectivity index (χ2v) is 7.91. The number of hydrogen-bond acceptors (Lipinski definition) is 7. The molecule has 3 heterocycles. The largest absolute Gasteiger partial charge is 0.507 e. The van der Waals surface area contributed by atoms with Gasteiger partial charge in [0.15, 0.2) is 0 Å². The van der Waals surface area contributed by atoms with E-state index in [2.05, 4.69) is 15.3 Å². The first-order valence-corrected chi connectivity index (χ1v) is 9.69. The first kappa shape index (κ1) is 19.9. The topological polar surface area (TPSA) is 114 Å². The van der Waals surface area contributed by atoms with Gasteiger partial charge in [0, 0.05) is 30.8 Å². The number of aromatic hydroxyl groups is 2. The number of carbonyl (C=O) groups is 1. The highest BCUT2D eigenvalue weighted by Gasteiger charge is 2.30. The number of aromatic nitrogens is 2. The minimum atomic E-state index is -0.455. The van der Waals surface area contributed by atoms with Crippen LogP contribution in [0, 0.1) is 0 Å². The van der Waals surface area contributed by atoms with Crippen molar-refractivity contribution in [3.8, 4) is 17.4 Å². The van der Waals surface area contributed by atoms with Gasteiger partial charge < -0.3 is 25.0 Å². The number of amides is 1. The van der Waals surface area contributed by atoms with E-state index < -0.39 is 5.91 Å². The van der Waals surface area contributed by atoms with Gasteiger partial charge in [0.25, 0.3) is 5.91 Å². The van der Waals surface area contributed by atoms with Crippen LogP contribution in [0.1, 0.15) is 37.2 Å². The average molecular weight is 409 g/mol. The minimum absolute atomic E-state index is 0.0251. The van der Waals surface area contributed by atoms with Crippen LogP contribution in [0.5, 0.6) is 17.4 Å². The summed E-state index contributed by atoms with van der Waals surface area (Å²) in [6.07, 6.45) is 4.20. The molecule has 1 aliphatic heterocycles. The van der Waals surface area contributed by atoms with Gasteiger partial charge in [-0.2, -0.15) is 0 Å². The van der Waals surface area contributed by atoms with E-state index in [1.807, 2.05) is 13.8 Å². The van der Waals surface area contributed by atoms with E-state index in [0.717, 1.165) is 12.8 Å². The number of nitrogens with one attached hydrogen (secondary N) is 1. The van der Waals surface area contributed by atoms with Gasteiger partial charge in [0.1, 0.15) is 23.3 Å². The van der Waals surface area contributed by atoms with Gasteiger partial charge in [0.05, 0.1) is 23.8 Å². The summed E-state index contributed by atoms with van der Waals surface area (Å²) >= 11 is 0. The summed E-state index contributed by atoms with van der Waals surface area (Å²) in [5.41, 5.74) is 0.285. The SMILES string of the molecule is CC1(C)CC(Oc2nccc3cc(NC(=O)c4ccc(O)cn4)cc(O)c23)CCO1. The quantitative estimate of drug-likeness (QED) is 0.603. The number of ether oxygens (including phenoxy) is 2. The maximum Gasteiger partial charge on any atom is 0.274 e. The van der Waals surface area contributed by atoms with Gasteiger partial charge in [-0.3, -0.25) is 4.79 Å². The summed E-state index contributed by atoms with van der Waals surface area (Å²) in [7, 11) is 0. The van der Waals surface area contributed by atoms with Crippen molar-refractivity contribution < 1.29 is 24.5 Å². The lowest BCUT2D eigenvalue weighted by molar-refractivity contribution is -0.0901. The molecule has 0 aliphatic carbocycles. The average Bonchev–Trinajstić information content (AvgIpc) is 2.67. The van der Waals surface area contributed by atoms with Crippen molar-refractivity contribution >= 4 is 22.4 Å². The fourth-order valence-electron chi connectivity index (χ4n) is 3.57. The van der Waals surface area contributed by atoms with Crippen molar-refractivity contribution in [2.24, 2.45) is 0 Å². The van der Waals surface area contributed by atoms with E-state index in [-0.39, 0.29) is 28.9 Å². The lowest BCUT2D eigenvalue weighted by Crippen LogP contribution is -2.39. The second kappa shape index (κ2) is 7.79. The fraction of sp³-hybridized carbons (Fsp3) is 0.318. The normalized spacial score (nSPS) is 18.1. The number of benzene rings is 1. The fourth-order valence-corrected chi connectivity index (χ4v) is 3.57. The van der Waals surface area contributed by atoms with Crippen molar-refractivity contribution in [3.05, 3.63) is 48.4 Å². The maximum atomic E-state index is 12.4. The van der Waals surface area contributed by atoms with Gasteiger partial charge >= 0.3 is 0 Å². The van der Waals surface area contributed by atoms with Crippen LogP contribution in [0.4, 0.5) is 5.69 Å². The lowest BCUT2D eigenvalue weighted by Gasteiger charge is -2.35. The zero-order chi connectivity index (χ0) is 21.3. The Hall–Kier alpha value is -3.39. The van der Waals surface area contributed by atoms with Gasteiger partial charge in [-0.05, 0) is 43.5 Å². The van der Waals surface area contributed by atoms with Crippen LogP contribution in [-0.2, 0) is 4.74 Å². The molecule has 1 unspecified atom stereocenters. The number of anilines is 1. The number of phenolic OH excluding ortho intramolecular Hbond substituents is 1. The van der Waals surface area contributed by atoms with E-state index in [0.29, 0.717) is 28.9 Å². The molecule has 3 aromatic rings. The highest BCUT2D eigenvalue weighted by atomic mass is 16.5. The summed E-state index contributed by atoms with van der Waals surface area (Å²) < 4.78 is 11.8. The van der Waals surface area contributed by atoms with Crippen LogP contribution in [0.15, 0.2) is 42.7 Å². The Morgan fingerprint density at radius 3 is 2.80 bits per heavy atom. The molecule has 1 amide bonds. The van der Waals surface area contributed by atoms with Crippen molar-refractivity contribution in [1.82, 2.24) is 9.97 Å². The molecular formula is C22H23N3O5. The van der Waals surface area contributed by atoms with E-state index in [9.17, 15) is 15.0 Å². The molecule has 30 heavy (non-hydrogen) atoms. The van der Waals surface area contributed by atoms with Crippen molar-refractivity contribution in [2.45, 2.75) is 38.4 Å². The molecule has 0 radical (unpaired) electrons. The lowest BCUT2D eigenvalue weighted by atomic mass is 9.96. The second-order valence-electron chi connectivity index (χ2n) is 7.91. The summed E-state index contributed by atoms with van der Waals surface area (Å²) in [5, 5.41) is 23.8. The summed E-state index contributed by atoms with van der Waals surface area (Å²) in [6, 6.07) is 7.71. The zero-order valence-electron chi connectivity index (χ0n) is 16.8. The molecule has 1 aromatic carbocycles. The molecule has 0 spiro atoms. The Bertz CT molecular complexity index is 1080. The van der Waals surface area contributed by atoms with Gasteiger partial charge in [-0.15, -0.1) is 0 Å². The summed E-state index contributed by atoms with van der Waals surface area (Å²) in [4.78, 5) is 20.6. The van der Waals surface area contributed by atoms with E-state index >= 15 is 0 Å². The first-order chi connectivity index (χ1) is 14.3. The molecule has 4 rings (SSSR count). The number of rotatable bonds is 4. The van der Waals surface area contributed by atoms with Crippen LogP contribution < -0.4 is 10.1 Å². The summed E-state index contributed by atoms with van der Waals surface area (Å²) in [6.45, 7) is 4.65. The molecular weight excluding hydrogens is 386 g/mol.